The number of benzene rings is 2. The first-order valence-electron chi connectivity index (χ1n) is 10.4. The van der Waals surface area contributed by atoms with Gasteiger partial charge in [0.15, 0.2) is 0 Å². The summed E-state index contributed by atoms with van der Waals surface area (Å²) in [5, 5.41) is 34.6. The summed E-state index contributed by atoms with van der Waals surface area (Å²) in [7, 11) is 0. The van der Waals surface area contributed by atoms with Crippen molar-refractivity contribution in [1.29, 1.82) is 0 Å². The van der Waals surface area contributed by atoms with Crippen LogP contribution in [-0.4, -0.2) is 66.8 Å². The highest BCUT2D eigenvalue weighted by Crippen LogP contribution is 2.36. The first-order chi connectivity index (χ1) is 14.0. The van der Waals surface area contributed by atoms with Crippen molar-refractivity contribution < 1.29 is 14.4 Å². The van der Waals surface area contributed by atoms with Crippen LogP contribution in [0.15, 0.2) is 48.5 Å². The fourth-order valence-corrected chi connectivity index (χ4v) is 4.40. The van der Waals surface area contributed by atoms with Gasteiger partial charge in [0.2, 0.25) is 0 Å². The Kier molecular flexibility index (Phi) is 5.72. The zero-order valence-corrected chi connectivity index (χ0v) is 16.7. The van der Waals surface area contributed by atoms with Crippen molar-refractivity contribution in [3.8, 4) is 0 Å². The van der Waals surface area contributed by atoms with Gasteiger partial charge in [-0.15, -0.1) is 0 Å². The molecule has 2 aliphatic rings. The maximum atomic E-state index is 13.1. The van der Waals surface area contributed by atoms with Crippen molar-refractivity contribution in [2.75, 3.05) is 57.3 Å². The second-order valence-electron chi connectivity index (χ2n) is 8.14. The lowest BCUT2D eigenvalue weighted by atomic mass is 10.1. The van der Waals surface area contributed by atoms with Crippen molar-refractivity contribution in [2.45, 2.75) is 6.42 Å². The predicted molar refractivity (Wildman–Crippen MR) is 117 cm³/mol. The van der Waals surface area contributed by atoms with Crippen molar-refractivity contribution in [3.63, 3.8) is 0 Å². The van der Waals surface area contributed by atoms with Crippen molar-refractivity contribution in [2.24, 2.45) is 0 Å². The number of hydrogen-bond acceptors (Lipinski definition) is 4. The molecule has 0 unspecified atom stereocenters. The fraction of sp³-hybridized carbons (Fsp3) is 0.391. The van der Waals surface area contributed by atoms with Gasteiger partial charge in [-0.2, -0.15) is 0 Å². The first kappa shape index (κ1) is 20.1. The quantitative estimate of drug-likeness (QED) is 0.602. The van der Waals surface area contributed by atoms with Crippen LogP contribution in [0.25, 0.3) is 12.2 Å². The number of quaternary nitrogens is 2. The van der Waals surface area contributed by atoms with Crippen LogP contribution in [0.1, 0.15) is 17.5 Å². The molecule has 2 aromatic rings. The third-order valence-electron chi connectivity index (χ3n) is 6.18. The van der Waals surface area contributed by atoms with Crippen LogP contribution in [0.2, 0.25) is 0 Å². The van der Waals surface area contributed by atoms with Gasteiger partial charge >= 0.3 is 0 Å². The van der Waals surface area contributed by atoms with E-state index >= 15 is 0 Å². The van der Waals surface area contributed by atoms with E-state index in [0.717, 1.165) is 24.3 Å². The number of rotatable bonds is 6. The van der Waals surface area contributed by atoms with Gasteiger partial charge in [-0.05, 0) is 23.3 Å². The van der Waals surface area contributed by atoms with Crippen LogP contribution in [0.4, 0.5) is 11.4 Å². The molecule has 0 aromatic heterocycles. The van der Waals surface area contributed by atoms with Crippen LogP contribution in [-0.2, 0) is 0 Å². The molecule has 2 aromatic carbocycles. The van der Waals surface area contributed by atoms with Gasteiger partial charge in [0.1, 0.15) is 32.7 Å². The molecule has 0 saturated carbocycles. The molecule has 1 N–H and O–H groups in total. The summed E-state index contributed by atoms with van der Waals surface area (Å²) < 4.78 is -0.736. The number of piperazine rings is 1. The molecule has 0 atom stereocenters. The van der Waals surface area contributed by atoms with E-state index in [1.54, 1.807) is 0 Å². The van der Waals surface area contributed by atoms with E-state index in [1.807, 2.05) is 24.3 Å². The zero-order valence-electron chi connectivity index (χ0n) is 16.7. The molecule has 2 heterocycles. The second kappa shape index (κ2) is 8.26. The summed E-state index contributed by atoms with van der Waals surface area (Å²) in [6, 6.07) is 16.7. The highest BCUT2D eigenvalue weighted by molar-refractivity contribution is 5.88. The number of anilines is 2. The molecule has 6 heteroatoms. The van der Waals surface area contributed by atoms with E-state index in [2.05, 4.69) is 41.3 Å². The smallest absolute Gasteiger partial charge is 0.129 e. The SMILES string of the molecule is [O-][N+]1(CCO)CC[N+]([O-])(CCCN2c3ccccc3C=Cc3ccccc32)CC1. The number of hydroxylamine groups is 6. The monoisotopic (exact) mass is 395 g/mol. The average Bonchev–Trinajstić information content (AvgIpc) is 2.89. The van der Waals surface area contributed by atoms with Crippen LogP contribution >= 0.6 is 0 Å². The van der Waals surface area contributed by atoms with Gasteiger partial charge < -0.3 is 29.7 Å². The molecule has 0 radical (unpaired) electrons. The van der Waals surface area contributed by atoms with E-state index in [-0.39, 0.29) is 17.8 Å². The lowest BCUT2D eigenvalue weighted by Gasteiger charge is -2.54. The van der Waals surface area contributed by atoms with Gasteiger partial charge in [0.25, 0.3) is 0 Å². The number of fused-ring (bicyclic) bond motifs is 2. The Balaban J connectivity index is 1.46. The number of aliphatic hydroxyl groups excluding tert-OH is 1. The predicted octanol–water partition coefficient (Wildman–Crippen LogP) is 3.33. The van der Waals surface area contributed by atoms with Crippen LogP contribution < -0.4 is 4.90 Å². The molecule has 29 heavy (non-hydrogen) atoms. The Labute approximate surface area is 172 Å². The van der Waals surface area contributed by atoms with Crippen molar-refractivity contribution >= 4 is 23.5 Å². The summed E-state index contributed by atoms with van der Waals surface area (Å²) in [6.45, 7) is 2.58. The minimum Gasteiger partial charge on any atom is -0.632 e. The molecule has 2 aliphatic heterocycles. The normalized spacial score (nSPS) is 26.0. The number of nitrogens with zero attached hydrogens (tertiary/aromatic N) is 3. The highest BCUT2D eigenvalue weighted by atomic mass is 16.6. The van der Waals surface area contributed by atoms with Crippen molar-refractivity contribution in [3.05, 3.63) is 70.1 Å². The molecular weight excluding hydrogens is 366 g/mol. The van der Waals surface area contributed by atoms with E-state index < -0.39 is 4.65 Å². The largest absolute Gasteiger partial charge is 0.632 e. The Hall–Kier alpha value is -2.22. The topological polar surface area (TPSA) is 69.6 Å². The summed E-state index contributed by atoms with van der Waals surface area (Å²) in [5.74, 6) is 0. The number of aliphatic hydroxyl groups is 1. The van der Waals surface area contributed by atoms with Gasteiger partial charge in [0.05, 0.1) is 13.2 Å². The first-order valence-corrected chi connectivity index (χ1v) is 10.4. The van der Waals surface area contributed by atoms with Crippen LogP contribution in [0.3, 0.4) is 0 Å². The summed E-state index contributed by atoms with van der Waals surface area (Å²) in [5.41, 5.74) is 4.65. The third-order valence-corrected chi connectivity index (χ3v) is 6.18. The summed E-state index contributed by atoms with van der Waals surface area (Å²) in [4.78, 5) is 2.31. The maximum absolute atomic E-state index is 13.1. The molecule has 0 amide bonds. The molecule has 1 fully saturated rings. The molecule has 0 aliphatic carbocycles. The van der Waals surface area contributed by atoms with Gasteiger partial charge in [-0.1, -0.05) is 48.6 Å². The standard InChI is InChI=1S/C23H29N3O3/c27-19-18-26(29)16-14-25(28,15-17-26)13-5-12-24-22-8-3-1-6-20(22)10-11-21-7-2-4-9-23(21)24/h1-4,6-11,27H,5,12-19H2. The Morgan fingerprint density at radius 2 is 1.24 bits per heavy atom. The Morgan fingerprint density at radius 3 is 1.76 bits per heavy atom. The molecule has 1 saturated heterocycles. The van der Waals surface area contributed by atoms with Gasteiger partial charge in [-0.25, -0.2) is 0 Å². The molecular formula is C23H29N3O3. The Morgan fingerprint density at radius 1 is 0.759 bits per heavy atom. The van der Waals surface area contributed by atoms with Gasteiger partial charge in [0, 0.05) is 24.3 Å². The van der Waals surface area contributed by atoms with Gasteiger partial charge in [-0.3, -0.25) is 0 Å². The minimum absolute atomic E-state index is 0.121. The van der Waals surface area contributed by atoms with E-state index in [4.69, 9.17) is 5.11 Å². The lowest BCUT2D eigenvalue weighted by Crippen LogP contribution is -2.63. The molecule has 6 nitrogen and oxygen atoms in total. The second-order valence-corrected chi connectivity index (χ2v) is 8.14. The molecule has 0 spiro atoms. The minimum atomic E-state index is -0.433. The summed E-state index contributed by atoms with van der Waals surface area (Å²) >= 11 is 0. The molecule has 4 rings (SSSR count). The third kappa shape index (κ3) is 4.37. The highest BCUT2D eigenvalue weighted by Gasteiger charge is 2.32. The maximum Gasteiger partial charge on any atom is 0.129 e. The fourth-order valence-electron chi connectivity index (χ4n) is 4.40. The van der Waals surface area contributed by atoms with E-state index in [1.165, 1.54) is 11.1 Å². The summed E-state index contributed by atoms with van der Waals surface area (Å²) in [6.07, 6.45) is 5.05. The number of hydrogen-bond donors (Lipinski definition) is 1. The number of para-hydroxylation sites is 2. The van der Waals surface area contributed by atoms with Crippen LogP contribution in [0.5, 0.6) is 0 Å². The molecule has 154 valence electrons. The zero-order chi connectivity index (χ0) is 20.3. The van der Waals surface area contributed by atoms with Crippen molar-refractivity contribution in [1.82, 2.24) is 0 Å². The van der Waals surface area contributed by atoms with Crippen LogP contribution in [0, 0.1) is 10.4 Å². The Bertz CT molecular complexity index is 826. The average molecular weight is 396 g/mol. The van der Waals surface area contributed by atoms with E-state index in [9.17, 15) is 10.4 Å². The lowest BCUT2D eigenvalue weighted by molar-refractivity contribution is -0.989. The molecule has 0 bridgehead atoms. The van der Waals surface area contributed by atoms with E-state index in [0.29, 0.717) is 32.7 Å².